The first-order valence-corrected chi connectivity index (χ1v) is 12.9. The number of likely N-dealkylation sites (N-methyl/N-ethyl adjacent to an activating group) is 1. The number of piperidine rings is 1. The molecule has 38 heavy (non-hydrogen) atoms. The summed E-state index contributed by atoms with van der Waals surface area (Å²) in [4.78, 5) is 25.4. The van der Waals surface area contributed by atoms with Crippen molar-refractivity contribution in [3.05, 3.63) is 72.0 Å². The van der Waals surface area contributed by atoms with Gasteiger partial charge in [-0.15, -0.1) is 0 Å². The third kappa shape index (κ3) is 5.49. The van der Waals surface area contributed by atoms with Gasteiger partial charge in [0, 0.05) is 31.3 Å². The van der Waals surface area contributed by atoms with Gasteiger partial charge in [0.05, 0.1) is 16.5 Å². The van der Waals surface area contributed by atoms with Crippen LogP contribution in [-0.2, 0) is 4.79 Å². The second kappa shape index (κ2) is 11.2. The first-order valence-electron chi connectivity index (χ1n) is 12.5. The lowest BCUT2D eigenvalue weighted by atomic mass is 10.1. The molecule has 196 valence electrons. The Balaban J connectivity index is 1.45. The van der Waals surface area contributed by atoms with Gasteiger partial charge >= 0.3 is 0 Å². The van der Waals surface area contributed by atoms with Gasteiger partial charge in [-0.1, -0.05) is 35.9 Å². The summed E-state index contributed by atoms with van der Waals surface area (Å²) < 4.78 is 7.82. The van der Waals surface area contributed by atoms with Crippen LogP contribution in [0.3, 0.4) is 0 Å². The van der Waals surface area contributed by atoms with Crippen LogP contribution in [0.1, 0.15) is 18.9 Å². The number of nitrogens with two attached hydrogens (primary N) is 1. The average Bonchev–Trinajstić information content (AvgIpc) is 3.31. The molecule has 1 saturated heterocycles. The number of nitrogens with zero attached hydrogens (tertiary/aromatic N) is 6. The number of ether oxygens (including phenoxy) is 1. The number of carbonyl (C=O) groups is 1. The number of anilines is 1. The predicted octanol–water partition coefficient (Wildman–Crippen LogP) is 4.80. The molecule has 0 aliphatic carbocycles. The molecule has 0 spiro atoms. The highest BCUT2D eigenvalue weighted by Gasteiger charge is 2.28. The number of fused-ring (bicyclic) bond motifs is 1. The zero-order chi connectivity index (χ0) is 26.6. The molecule has 0 radical (unpaired) electrons. The number of nitrogen functional groups attached to an aromatic ring is 1. The van der Waals surface area contributed by atoms with Gasteiger partial charge in [-0.05, 0) is 57.3 Å². The van der Waals surface area contributed by atoms with Crippen molar-refractivity contribution in [2.45, 2.75) is 18.9 Å². The van der Waals surface area contributed by atoms with Crippen molar-refractivity contribution in [3.63, 3.8) is 0 Å². The number of amides is 1. The van der Waals surface area contributed by atoms with Crippen LogP contribution in [0.15, 0.2) is 67.0 Å². The maximum Gasteiger partial charge on any atom is 0.246 e. The fourth-order valence-corrected chi connectivity index (χ4v) is 4.84. The van der Waals surface area contributed by atoms with Gasteiger partial charge in [0.2, 0.25) is 5.91 Å². The molecule has 9 nitrogen and oxygen atoms in total. The first-order chi connectivity index (χ1) is 18.4. The largest absolute Gasteiger partial charge is 0.456 e. The van der Waals surface area contributed by atoms with Crippen molar-refractivity contribution in [1.82, 2.24) is 29.5 Å². The van der Waals surface area contributed by atoms with Gasteiger partial charge in [0.25, 0.3) is 0 Å². The molecule has 3 heterocycles. The lowest BCUT2D eigenvalue weighted by Gasteiger charge is -2.32. The molecule has 2 aromatic carbocycles. The van der Waals surface area contributed by atoms with E-state index in [1.54, 1.807) is 6.08 Å². The van der Waals surface area contributed by atoms with Gasteiger partial charge in [0.1, 0.15) is 29.3 Å². The third-order valence-electron chi connectivity index (χ3n) is 6.48. The smallest absolute Gasteiger partial charge is 0.246 e. The van der Waals surface area contributed by atoms with Gasteiger partial charge in [-0.2, -0.15) is 5.10 Å². The minimum atomic E-state index is -0.0448. The van der Waals surface area contributed by atoms with Crippen LogP contribution in [0, 0.1) is 0 Å². The van der Waals surface area contributed by atoms with Gasteiger partial charge in [0.15, 0.2) is 5.65 Å². The fourth-order valence-electron chi connectivity index (χ4n) is 4.62. The Hall–Kier alpha value is -3.95. The van der Waals surface area contributed by atoms with E-state index in [4.69, 9.17) is 27.2 Å². The Morgan fingerprint density at radius 2 is 2.03 bits per heavy atom. The highest BCUT2D eigenvalue weighted by molar-refractivity contribution is 6.32. The maximum atomic E-state index is 12.8. The normalized spacial score (nSPS) is 16.0. The molecule has 1 aliphatic rings. The van der Waals surface area contributed by atoms with E-state index in [1.165, 1.54) is 6.33 Å². The number of para-hydroxylation sites is 1. The molecule has 1 amide bonds. The summed E-state index contributed by atoms with van der Waals surface area (Å²) in [6, 6.07) is 14.9. The molecule has 10 heteroatoms. The molecule has 2 N–H and O–H groups in total. The molecule has 2 aromatic heterocycles. The van der Waals surface area contributed by atoms with E-state index in [9.17, 15) is 4.79 Å². The summed E-state index contributed by atoms with van der Waals surface area (Å²) in [5, 5.41) is 6.06. The second-order valence-electron chi connectivity index (χ2n) is 9.56. The van der Waals surface area contributed by atoms with E-state index in [1.807, 2.05) is 83.2 Å². The maximum absolute atomic E-state index is 12.8. The number of rotatable bonds is 7. The highest BCUT2D eigenvalue weighted by Crippen LogP contribution is 2.37. The fraction of sp³-hybridized carbons (Fsp3) is 0.286. The summed E-state index contributed by atoms with van der Waals surface area (Å²) in [7, 11) is 3.94. The molecule has 1 fully saturated rings. The lowest BCUT2D eigenvalue weighted by Crippen LogP contribution is -2.40. The van der Waals surface area contributed by atoms with Crippen molar-refractivity contribution < 1.29 is 9.53 Å². The van der Waals surface area contributed by atoms with Crippen molar-refractivity contribution in [1.29, 1.82) is 0 Å². The molecule has 1 aliphatic heterocycles. The first kappa shape index (κ1) is 25.7. The Bertz CT molecular complexity index is 1470. The zero-order valence-corrected chi connectivity index (χ0v) is 22.2. The molecule has 1 atom stereocenters. The predicted molar refractivity (Wildman–Crippen MR) is 149 cm³/mol. The number of benzene rings is 2. The van der Waals surface area contributed by atoms with E-state index in [0.29, 0.717) is 58.7 Å². The number of aromatic nitrogens is 4. The van der Waals surface area contributed by atoms with Gasteiger partial charge in [-0.25, -0.2) is 14.6 Å². The quantitative estimate of drug-likeness (QED) is 0.342. The Labute approximate surface area is 226 Å². The van der Waals surface area contributed by atoms with Crippen LogP contribution in [0.25, 0.3) is 22.3 Å². The number of halogens is 1. The van der Waals surface area contributed by atoms with Crippen LogP contribution in [-0.4, -0.2) is 69.2 Å². The molecular formula is C28H30ClN7O2. The molecule has 0 bridgehead atoms. The number of likely N-dealkylation sites (tertiary alicyclic amines) is 1. The summed E-state index contributed by atoms with van der Waals surface area (Å²) in [6.07, 6.45) is 6.72. The third-order valence-corrected chi connectivity index (χ3v) is 6.77. The minimum absolute atomic E-state index is 0.00293. The van der Waals surface area contributed by atoms with E-state index >= 15 is 0 Å². The topological polar surface area (TPSA) is 102 Å². The van der Waals surface area contributed by atoms with E-state index in [0.717, 1.165) is 18.4 Å². The van der Waals surface area contributed by atoms with Crippen LogP contribution < -0.4 is 10.5 Å². The summed E-state index contributed by atoms with van der Waals surface area (Å²) >= 11 is 6.62. The highest BCUT2D eigenvalue weighted by atomic mass is 35.5. The van der Waals surface area contributed by atoms with Gasteiger partial charge in [-0.3, -0.25) is 4.79 Å². The Kier molecular flexibility index (Phi) is 7.57. The second-order valence-corrected chi connectivity index (χ2v) is 9.96. The van der Waals surface area contributed by atoms with Crippen LogP contribution in [0.5, 0.6) is 11.5 Å². The van der Waals surface area contributed by atoms with Gasteiger partial charge < -0.3 is 20.3 Å². The summed E-state index contributed by atoms with van der Waals surface area (Å²) in [6.45, 7) is 1.96. The Morgan fingerprint density at radius 1 is 1.21 bits per heavy atom. The summed E-state index contributed by atoms with van der Waals surface area (Å²) in [5.41, 5.74) is 8.37. The minimum Gasteiger partial charge on any atom is -0.456 e. The number of hydrogen-bond acceptors (Lipinski definition) is 7. The zero-order valence-electron chi connectivity index (χ0n) is 21.4. The molecule has 5 rings (SSSR count). The molecule has 0 saturated carbocycles. The molecular weight excluding hydrogens is 502 g/mol. The number of hydrogen-bond donors (Lipinski definition) is 1. The van der Waals surface area contributed by atoms with Crippen molar-refractivity contribution in [3.8, 4) is 22.8 Å². The standard InChI is InChI=1S/C28H30ClN7O2/c1-34(2)14-7-11-24(37)35-15-6-8-20(17-35)36-28-25(27(30)31-18-32-28)26(33-36)19-12-13-23(22(29)16-19)38-21-9-4-3-5-10-21/h3-5,7,9-13,16,18,20H,6,8,14-15,17H2,1-2H3,(H2,30,31,32)/b11-7+/t20-/m1/s1. The Morgan fingerprint density at radius 3 is 2.79 bits per heavy atom. The summed E-state index contributed by atoms with van der Waals surface area (Å²) in [5.74, 6) is 1.58. The van der Waals surface area contributed by atoms with E-state index in [2.05, 4.69) is 9.97 Å². The van der Waals surface area contributed by atoms with Crippen LogP contribution in [0.2, 0.25) is 5.02 Å². The van der Waals surface area contributed by atoms with E-state index < -0.39 is 0 Å². The SMILES string of the molecule is CN(C)C/C=C/C(=O)N1CCC[C@@H](n2nc(-c3ccc(Oc4ccccc4)c(Cl)c3)c3c(N)ncnc32)C1. The molecule has 4 aromatic rings. The van der Waals surface area contributed by atoms with Crippen molar-refractivity contribution in [2.24, 2.45) is 0 Å². The average molecular weight is 532 g/mol. The monoisotopic (exact) mass is 531 g/mol. The number of carbonyl (C=O) groups excluding carboxylic acids is 1. The van der Waals surface area contributed by atoms with E-state index in [-0.39, 0.29) is 11.9 Å². The van der Waals surface area contributed by atoms with Crippen LogP contribution >= 0.6 is 11.6 Å². The van der Waals surface area contributed by atoms with Crippen LogP contribution in [0.4, 0.5) is 5.82 Å². The van der Waals surface area contributed by atoms with Crippen molar-refractivity contribution in [2.75, 3.05) is 39.5 Å². The van der Waals surface area contributed by atoms with Crippen molar-refractivity contribution >= 4 is 34.4 Å². The lowest BCUT2D eigenvalue weighted by molar-refractivity contribution is -0.127. The molecule has 0 unspecified atom stereocenters.